The Morgan fingerprint density at radius 1 is 1.43 bits per heavy atom. The maximum atomic E-state index is 8.62. The summed E-state index contributed by atoms with van der Waals surface area (Å²) in [5, 5.41) is 8.62. The van der Waals surface area contributed by atoms with E-state index in [9.17, 15) is 0 Å². The van der Waals surface area contributed by atoms with E-state index in [2.05, 4.69) is 15.0 Å². The third-order valence-electron chi connectivity index (χ3n) is 1.59. The fourth-order valence-electron chi connectivity index (χ4n) is 0.926. The molecule has 0 amide bonds. The highest BCUT2D eigenvalue weighted by molar-refractivity contribution is 7.13. The molecule has 0 saturated heterocycles. The van der Waals surface area contributed by atoms with Crippen molar-refractivity contribution in [2.45, 2.75) is 0 Å². The molecule has 2 heterocycles. The normalized spacial score (nSPS) is 9.64. The van der Waals surface area contributed by atoms with Gasteiger partial charge in [0.25, 0.3) is 0 Å². The van der Waals surface area contributed by atoms with Gasteiger partial charge in [-0.15, -0.1) is 11.3 Å². The van der Waals surface area contributed by atoms with Gasteiger partial charge in [-0.05, 0) is 0 Å². The Hall–Kier alpha value is -2.00. The first-order valence-electron chi connectivity index (χ1n) is 3.72. The fourth-order valence-corrected chi connectivity index (χ4v) is 1.49. The van der Waals surface area contributed by atoms with Gasteiger partial charge in [-0.25, -0.2) is 9.97 Å². The Kier molecular flexibility index (Phi) is 2.08. The summed E-state index contributed by atoms with van der Waals surface area (Å²) in [6.45, 7) is 0. The lowest BCUT2D eigenvalue weighted by molar-refractivity contribution is 1.17. The average molecular weight is 203 g/mol. The molecule has 2 N–H and O–H groups in total. The van der Waals surface area contributed by atoms with E-state index in [4.69, 9.17) is 11.0 Å². The van der Waals surface area contributed by atoms with Crippen molar-refractivity contribution >= 4 is 17.2 Å². The highest BCUT2D eigenvalue weighted by Crippen LogP contribution is 2.20. The number of hydrogen-bond acceptors (Lipinski definition) is 6. The van der Waals surface area contributed by atoms with Gasteiger partial charge >= 0.3 is 0 Å². The van der Waals surface area contributed by atoms with Crippen LogP contribution in [0.1, 0.15) is 5.56 Å². The van der Waals surface area contributed by atoms with Crippen LogP contribution < -0.4 is 5.73 Å². The molecule has 2 aromatic rings. The maximum Gasteiger partial charge on any atom is 0.173 e. The minimum atomic E-state index is 0.200. The van der Waals surface area contributed by atoms with Crippen molar-refractivity contribution in [3.8, 4) is 16.8 Å². The van der Waals surface area contributed by atoms with Crippen LogP contribution in [0.3, 0.4) is 0 Å². The van der Waals surface area contributed by atoms with E-state index in [0.29, 0.717) is 11.4 Å². The van der Waals surface area contributed by atoms with Crippen LogP contribution in [-0.2, 0) is 0 Å². The van der Waals surface area contributed by atoms with Crippen LogP contribution >= 0.6 is 11.3 Å². The van der Waals surface area contributed by atoms with Gasteiger partial charge in [0, 0.05) is 6.20 Å². The third-order valence-corrected chi connectivity index (χ3v) is 2.36. The Morgan fingerprint density at radius 3 is 2.86 bits per heavy atom. The van der Waals surface area contributed by atoms with Crippen LogP contribution in [0.15, 0.2) is 17.9 Å². The Bertz CT molecular complexity index is 485. The number of hydrogen-bond donors (Lipinski definition) is 1. The summed E-state index contributed by atoms with van der Waals surface area (Å²) in [6.07, 6.45) is 3.07. The predicted molar refractivity (Wildman–Crippen MR) is 52.3 cm³/mol. The van der Waals surface area contributed by atoms with Crippen LogP contribution in [0.5, 0.6) is 0 Å². The molecule has 0 aliphatic rings. The third kappa shape index (κ3) is 1.41. The second-order valence-electron chi connectivity index (χ2n) is 2.47. The summed E-state index contributed by atoms with van der Waals surface area (Å²) in [7, 11) is 0. The molecule has 5 nitrogen and oxygen atoms in total. The zero-order valence-corrected chi connectivity index (χ0v) is 7.82. The SMILES string of the molecule is N#Cc1cnc(-c2cncs2)nc1N. The lowest BCUT2D eigenvalue weighted by Gasteiger charge is -1.97. The van der Waals surface area contributed by atoms with Gasteiger partial charge in [0.15, 0.2) is 5.82 Å². The number of nitriles is 1. The van der Waals surface area contributed by atoms with Gasteiger partial charge < -0.3 is 5.73 Å². The number of thiazole rings is 1. The van der Waals surface area contributed by atoms with Crippen molar-refractivity contribution < 1.29 is 0 Å². The van der Waals surface area contributed by atoms with Crippen molar-refractivity contribution in [1.82, 2.24) is 15.0 Å². The Labute approximate surface area is 83.9 Å². The monoisotopic (exact) mass is 203 g/mol. The van der Waals surface area contributed by atoms with Crippen molar-refractivity contribution in [1.29, 1.82) is 5.26 Å². The van der Waals surface area contributed by atoms with Gasteiger partial charge in [-0.1, -0.05) is 0 Å². The molecule has 0 unspecified atom stereocenters. The van der Waals surface area contributed by atoms with Crippen LogP contribution in [-0.4, -0.2) is 15.0 Å². The number of nitrogen functional groups attached to an aromatic ring is 1. The van der Waals surface area contributed by atoms with Crippen molar-refractivity contribution in [3.63, 3.8) is 0 Å². The second kappa shape index (κ2) is 3.40. The van der Waals surface area contributed by atoms with E-state index < -0.39 is 0 Å². The molecule has 0 aliphatic heterocycles. The summed E-state index contributed by atoms with van der Waals surface area (Å²) >= 11 is 1.42. The molecule has 0 spiro atoms. The molecule has 0 saturated carbocycles. The largest absolute Gasteiger partial charge is 0.382 e. The average Bonchev–Trinajstić information content (AvgIpc) is 2.70. The molecule has 0 aliphatic carbocycles. The summed E-state index contributed by atoms with van der Waals surface area (Å²) in [5.41, 5.74) is 7.53. The molecule has 6 heteroatoms. The number of anilines is 1. The molecule has 0 fully saturated rings. The quantitative estimate of drug-likeness (QED) is 0.748. The number of nitrogens with zero attached hydrogens (tertiary/aromatic N) is 4. The predicted octanol–water partition coefficient (Wildman–Crippen LogP) is 1.05. The summed E-state index contributed by atoms with van der Waals surface area (Å²) < 4.78 is 0. The van der Waals surface area contributed by atoms with Gasteiger partial charge in [0.05, 0.1) is 16.6 Å². The van der Waals surface area contributed by atoms with E-state index >= 15 is 0 Å². The Morgan fingerprint density at radius 2 is 2.29 bits per heavy atom. The van der Waals surface area contributed by atoms with Crippen molar-refractivity contribution in [2.75, 3.05) is 5.73 Å². The van der Waals surface area contributed by atoms with Crippen molar-refractivity contribution in [3.05, 3.63) is 23.5 Å². The lowest BCUT2D eigenvalue weighted by atomic mass is 10.3. The molecule has 14 heavy (non-hydrogen) atoms. The molecule has 2 rings (SSSR count). The highest BCUT2D eigenvalue weighted by Gasteiger charge is 2.06. The molecular formula is C8H5N5S. The minimum Gasteiger partial charge on any atom is -0.382 e. The first-order chi connectivity index (χ1) is 6.81. The van der Waals surface area contributed by atoms with Gasteiger partial charge in [0.1, 0.15) is 17.5 Å². The molecular weight excluding hydrogens is 198 g/mol. The first-order valence-corrected chi connectivity index (χ1v) is 4.60. The Balaban J connectivity index is 2.49. The topological polar surface area (TPSA) is 88.5 Å². The van der Waals surface area contributed by atoms with Crippen LogP contribution in [0.4, 0.5) is 5.82 Å². The van der Waals surface area contributed by atoms with Crippen molar-refractivity contribution in [2.24, 2.45) is 0 Å². The van der Waals surface area contributed by atoms with Gasteiger partial charge in [-0.3, -0.25) is 4.98 Å². The maximum absolute atomic E-state index is 8.62. The number of nitrogens with two attached hydrogens (primary N) is 1. The van der Waals surface area contributed by atoms with E-state index in [-0.39, 0.29) is 5.82 Å². The zero-order valence-electron chi connectivity index (χ0n) is 7.01. The molecule has 2 aromatic heterocycles. The van der Waals surface area contributed by atoms with Gasteiger partial charge in [0.2, 0.25) is 0 Å². The van der Waals surface area contributed by atoms with E-state index in [1.54, 1.807) is 11.7 Å². The van der Waals surface area contributed by atoms with E-state index in [1.807, 2.05) is 6.07 Å². The molecule has 68 valence electrons. The van der Waals surface area contributed by atoms with Gasteiger partial charge in [-0.2, -0.15) is 5.26 Å². The number of rotatable bonds is 1. The fraction of sp³-hybridized carbons (Fsp3) is 0. The van der Waals surface area contributed by atoms with Crippen LogP contribution in [0.25, 0.3) is 10.7 Å². The summed E-state index contributed by atoms with van der Waals surface area (Å²) in [6, 6.07) is 1.91. The van der Waals surface area contributed by atoms with E-state index in [1.165, 1.54) is 17.5 Å². The molecule has 0 aromatic carbocycles. The second-order valence-corrected chi connectivity index (χ2v) is 3.36. The molecule has 0 bridgehead atoms. The van der Waals surface area contributed by atoms with E-state index in [0.717, 1.165) is 4.88 Å². The molecule has 0 atom stereocenters. The number of aromatic nitrogens is 3. The first kappa shape index (κ1) is 8.59. The zero-order chi connectivity index (χ0) is 9.97. The lowest BCUT2D eigenvalue weighted by Crippen LogP contribution is -1.98. The van der Waals surface area contributed by atoms with Crippen LogP contribution in [0.2, 0.25) is 0 Å². The minimum absolute atomic E-state index is 0.200. The highest BCUT2D eigenvalue weighted by atomic mass is 32.1. The summed E-state index contributed by atoms with van der Waals surface area (Å²) in [4.78, 5) is 12.7. The standard InChI is InChI=1S/C8H5N5S/c9-1-5-2-12-8(13-7(5)10)6-3-11-4-14-6/h2-4H,(H2,10,12,13). The summed E-state index contributed by atoms with van der Waals surface area (Å²) in [5.74, 6) is 0.704. The molecule has 0 radical (unpaired) electrons. The smallest absolute Gasteiger partial charge is 0.173 e. The van der Waals surface area contributed by atoms with Crippen LogP contribution in [0, 0.1) is 11.3 Å².